The summed E-state index contributed by atoms with van der Waals surface area (Å²) < 4.78 is 0. The summed E-state index contributed by atoms with van der Waals surface area (Å²) in [5.41, 5.74) is 1.93. The molecule has 1 atom stereocenters. The molecular weight excluding hydrogens is 224 g/mol. The van der Waals surface area contributed by atoms with Crippen molar-refractivity contribution in [3.8, 4) is 0 Å². The third kappa shape index (κ3) is 3.33. The molecule has 0 aromatic heterocycles. The van der Waals surface area contributed by atoms with Crippen LogP contribution in [-0.4, -0.2) is 37.5 Å². The highest BCUT2D eigenvalue weighted by atomic mass is 16.2. The summed E-state index contributed by atoms with van der Waals surface area (Å²) in [6.07, 6.45) is 2.34. The predicted octanol–water partition coefficient (Wildman–Crippen LogP) is 2.07. The number of benzene rings is 1. The highest BCUT2D eigenvalue weighted by molar-refractivity contribution is 5.94. The molecule has 98 valence electrons. The molecule has 1 aliphatic rings. The van der Waals surface area contributed by atoms with Crippen LogP contribution in [0.25, 0.3) is 0 Å². The van der Waals surface area contributed by atoms with Crippen LogP contribution in [-0.2, 0) is 0 Å². The van der Waals surface area contributed by atoms with Crippen LogP contribution in [0, 0.1) is 12.8 Å². The normalized spacial score (nSPS) is 18.9. The number of hydrogen-bond acceptors (Lipinski definition) is 2. The zero-order chi connectivity index (χ0) is 13.0. The van der Waals surface area contributed by atoms with E-state index in [1.807, 2.05) is 43.1 Å². The van der Waals surface area contributed by atoms with Crippen molar-refractivity contribution in [3.05, 3.63) is 35.4 Å². The molecule has 0 spiro atoms. The number of hydrogen-bond donors (Lipinski definition) is 1. The maximum Gasteiger partial charge on any atom is 0.253 e. The van der Waals surface area contributed by atoms with Gasteiger partial charge >= 0.3 is 0 Å². The quantitative estimate of drug-likeness (QED) is 0.882. The Morgan fingerprint density at radius 1 is 1.50 bits per heavy atom. The van der Waals surface area contributed by atoms with Crippen LogP contribution in [0.2, 0.25) is 0 Å². The van der Waals surface area contributed by atoms with Crippen molar-refractivity contribution in [1.82, 2.24) is 10.2 Å². The van der Waals surface area contributed by atoms with E-state index in [0.29, 0.717) is 0 Å². The molecule has 1 saturated heterocycles. The van der Waals surface area contributed by atoms with Crippen LogP contribution in [0.1, 0.15) is 28.8 Å². The van der Waals surface area contributed by atoms with Crippen molar-refractivity contribution in [2.45, 2.75) is 19.8 Å². The summed E-state index contributed by atoms with van der Waals surface area (Å²) in [7, 11) is 1.90. The first-order valence-electron chi connectivity index (χ1n) is 6.69. The lowest BCUT2D eigenvalue weighted by Gasteiger charge is -2.19. The molecule has 2 rings (SSSR count). The van der Waals surface area contributed by atoms with Gasteiger partial charge in [-0.1, -0.05) is 17.7 Å². The first-order chi connectivity index (χ1) is 8.66. The number of carbonyl (C=O) groups is 1. The largest absolute Gasteiger partial charge is 0.342 e. The van der Waals surface area contributed by atoms with Gasteiger partial charge in [-0.2, -0.15) is 0 Å². The van der Waals surface area contributed by atoms with Crippen molar-refractivity contribution in [1.29, 1.82) is 0 Å². The zero-order valence-electron chi connectivity index (χ0n) is 11.3. The van der Waals surface area contributed by atoms with Gasteiger partial charge in [-0.25, -0.2) is 0 Å². The van der Waals surface area contributed by atoms with Crippen LogP contribution in [0.4, 0.5) is 0 Å². The molecule has 1 heterocycles. The molecule has 1 aromatic carbocycles. The van der Waals surface area contributed by atoms with Crippen molar-refractivity contribution in [2.24, 2.45) is 5.92 Å². The van der Waals surface area contributed by atoms with Gasteiger partial charge in [0.25, 0.3) is 5.91 Å². The van der Waals surface area contributed by atoms with E-state index in [0.717, 1.165) is 43.1 Å². The number of rotatable bonds is 4. The lowest BCUT2D eigenvalue weighted by Crippen LogP contribution is -2.29. The topological polar surface area (TPSA) is 32.3 Å². The monoisotopic (exact) mass is 246 g/mol. The molecule has 3 nitrogen and oxygen atoms in total. The predicted molar refractivity (Wildman–Crippen MR) is 73.7 cm³/mol. The Balaban J connectivity index is 1.87. The van der Waals surface area contributed by atoms with E-state index in [4.69, 9.17) is 0 Å². The molecule has 1 fully saturated rings. The fourth-order valence-corrected chi connectivity index (χ4v) is 2.44. The van der Waals surface area contributed by atoms with E-state index in [-0.39, 0.29) is 5.91 Å². The van der Waals surface area contributed by atoms with Crippen molar-refractivity contribution in [2.75, 3.05) is 26.7 Å². The van der Waals surface area contributed by atoms with Gasteiger partial charge in [0.05, 0.1) is 0 Å². The van der Waals surface area contributed by atoms with Gasteiger partial charge in [-0.05, 0) is 50.9 Å². The minimum absolute atomic E-state index is 0.129. The molecule has 0 radical (unpaired) electrons. The fraction of sp³-hybridized carbons (Fsp3) is 0.533. The zero-order valence-corrected chi connectivity index (χ0v) is 11.3. The Morgan fingerprint density at radius 3 is 3.00 bits per heavy atom. The van der Waals surface area contributed by atoms with E-state index >= 15 is 0 Å². The minimum atomic E-state index is 0.129. The maximum absolute atomic E-state index is 12.2. The summed E-state index contributed by atoms with van der Waals surface area (Å²) >= 11 is 0. The first kappa shape index (κ1) is 13.1. The van der Waals surface area contributed by atoms with E-state index in [2.05, 4.69) is 5.32 Å². The van der Waals surface area contributed by atoms with Crippen LogP contribution >= 0.6 is 0 Å². The maximum atomic E-state index is 12.2. The first-order valence-corrected chi connectivity index (χ1v) is 6.69. The van der Waals surface area contributed by atoms with Gasteiger partial charge in [-0.15, -0.1) is 0 Å². The van der Waals surface area contributed by atoms with E-state index < -0.39 is 0 Å². The smallest absolute Gasteiger partial charge is 0.253 e. The van der Waals surface area contributed by atoms with Gasteiger partial charge in [-0.3, -0.25) is 4.79 Å². The van der Waals surface area contributed by atoms with E-state index in [1.165, 1.54) is 6.42 Å². The number of aryl methyl sites for hydroxylation is 1. The molecule has 1 aliphatic heterocycles. The summed E-state index contributed by atoms with van der Waals surface area (Å²) in [5, 5.41) is 3.36. The average molecular weight is 246 g/mol. The molecule has 1 aromatic rings. The van der Waals surface area contributed by atoms with Crippen LogP contribution in [0.5, 0.6) is 0 Å². The van der Waals surface area contributed by atoms with Gasteiger partial charge in [0, 0.05) is 19.2 Å². The molecule has 0 aliphatic carbocycles. The molecule has 0 bridgehead atoms. The molecule has 1 amide bonds. The fourth-order valence-electron chi connectivity index (χ4n) is 2.44. The Bertz CT molecular complexity index is 411. The third-order valence-electron chi connectivity index (χ3n) is 3.65. The summed E-state index contributed by atoms with van der Waals surface area (Å²) in [4.78, 5) is 14.1. The Labute approximate surface area is 109 Å². The van der Waals surface area contributed by atoms with Gasteiger partial charge < -0.3 is 10.2 Å². The van der Waals surface area contributed by atoms with Crippen molar-refractivity contribution >= 4 is 5.91 Å². The number of nitrogens with zero attached hydrogens (tertiary/aromatic N) is 1. The average Bonchev–Trinajstić information content (AvgIpc) is 2.88. The standard InChI is InChI=1S/C15H22N2O/c1-12-4-3-5-14(10-12)15(18)17(2)9-7-13-6-8-16-11-13/h3-5,10,13,16H,6-9,11H2,1-2H3. The number of nitrogens with one attached hydrogen (secondary N) is 1. The Hall–Kier alpha value is -1.35. The Morgan fingerprint density at radius 2 is 2.33 bits per heavy atom. The Kier molecular flexibility index (Phi) is 4.37. The second-order valence-electron chi connectivity index (χ2n) is 5.24. The molecule has 3 heteroatoms. The second kappa shape index (κ2) is 6.01. The van der Waals surface area contributed by atoms with Crippen LogP contribution in [0.3, 0.4) is 0 Å². The summed E-state index contributed by atoms with van der Waals surface area (Å²) in [6.45, 7) is 5.09. The highest BCUT2D eigenvalue weighted by Gasteiger charge is 2.17. The van der Waals surface area contributed by atoms with Crippen molar-refractivity contribution < 1.29 is 4.79 Å². The molecule has 1 unspecified atom stereocenters. The van der Waals surface area contributed by atoms with Crippen LogP contribution < -0.4 is 5.32 Å². The second-order valence-corrected chi connectivity index (χ2v) is 5.24. The molecule has 18 heavy (non-hydrogen) atoms. The van der Waals surface area contributed by atoms with E-state index in [9.17, 15) is 4.79 Å². The van der Waals surface area contributed by atoms with Crippen LogP contribution in [0.15, 0.2) is 24.3 Å². The summed E-state index contributed by atoms with van der Waals surface area (Å²) in [6, 6.07) is 7.80. The minimum Gasteiger partial charge on any atom is -0.342 e. The van der Waals surface area contributed by atoms with Gasteiger partial charge in [0.2, 0.25) is 0 Å². The van der Waals surface area contributed by atoms with Gasteiger partial charge in [0.1, 0.15) is 0 Å². The summed E-state index contributed by atoms with van der Waals surface area (Å²) in [5.74, 6) is 0.863. The van der Waals surface area contributed by atoms with E-state index in [1.54, 1.807) is 0 Å². The molecular formula is C15H22N2O. The highest BCUT2D eigenvalue weighted by Crippen LogP contribution is 2.13. The molecule has 0 saturated carbocycles. The lowest BCUT2D eigenvalue weighted by molar-refractivity contribution is 0.0788. The van der Waals surface area contributed by atoms with Crippen molar-refractivity contribution in [3.63, 3.8) is 0 Å². The number of carbonyl (C=O) groups excluding carboxylic acids is 1. The lowest BCUT2D eigenvalue weighted by atomic mass is 10.0. The molecule has 1 N–H and O–H groups in total. The van der Waals surface area contributed by atoms with Gasteiger partial charge in [0.15, 0.2) is 0 Å². The SMILES string of the molecule is Cc1cccc(C(=O)N(C)CCC2CCNC2)c1. The third-order valence-corrected chi connectivity index (χ3v) is 3.65. The number of amides is 1.